The fourth-order valence-corrected chi connectivity index (χ4v) is 1.82. The van der Waals surface area contributed by atoms with Crippen LogP contribution in [0.4, 0.5) is 5.82 Å². The summed E-state index contributed by atoms with van der Waals surface area (Å²) in [5.74, 6) is 0.163. The first-order valence-corrected chi connectivity index (χ1v) is 5.87. The molecule has 0 unspecified atom stereocenters. The minimum atomic E-state index is -0.589. The van der Waals surface area contributed by atoms with Gasteiger partial charge in [-0.3, -0.25) is 14.7 Å². The van der Waals surface area contributed by atoms with Gasteiger partial charge in [-0.1, -0.05) is 6.92 Å². The molecule has 1 fully saturated rings. The molecule has 7 heteroatoms. The van der Waals surface area contributed by atoms with Crippen LogP contribution in [-0.4, -0.2) is 45.8 Å². The summed E-state index contributed by atoms with van der Waals surface area (Å²) in [6.07, 6.45) is 2.54. The number of likely N-dealkylation sites (N-methyl/N-ethyl adjacent to an activating group) is 1. The van der Waals surface area contributed by atoms with Crippen molar-refractivity contribution in [3.8, 4) is 0 Å². The van der Waals surface area contributed by atoms with Crippen molar-refractivity contribution in [1.82, 2.24) is 20.1 Å². The van der Waals surface area contributed by atoms with Crippen molar-refractivity contribution in [2.75, 3.05) is 25.0 Å². The fraction of sp³-hybridized carbons (Fsp3) is 0.700. The molecule has 1 heterocycles. The SMILES string of the molecule is CCN(CCNc1n[nH]c(=O)[nH]c1=O)C1CC1. The van der Waals surface area contributed by atoms with Crippen molar-refractivity contribution in [3.63, 3.8) is 0 Å². The first-order valence-electron chi connectivity index (χ1n) is 5.87. The van der Waals surface area contributed by atoms with E-state index in [9.17, 15) is 9.59 Å². The van der Waals surface area contributed by atoms with Gasteiger partial charge in [-0.2, -0.15) is 0 Å². The molecular formula is C10H17N5O2. The number of H-pyrrole nitrogens is 2. The van der Waals surface area contributed by atoms with Gasteiger partial charge in [-0.05, 0) is 19.4 Å². The van der Waals surface area contributed by atoms with E-state index in [4.69, 9.17) is 0 Å². The zero-order chi connectivity index (χ0) is 12.3. The van der Waals surface area contributed by atoms with Gasteiger partial charge in [0.1, 0.15) is 0 Å². The van der Waals surface area contributed by atoms with Crippen LogP contribution < -0.4 is 16.6 Å². The Bertz CT molecular complexity index is 476. The van der Waals surface area contributed by atoms with Gasteiger partial charge in [0.15, 0.2) is 0 Å². The summed E-state index contributed by atoms with van der Waals surface area (Å²) in [7, 11) is 0. The standard InChI is InChI=1S/C10H17N5O2/c1-2-15(7-3-4-7)6-5-11-8-9(16)12-10(17)14-13-8/h7H,2-6H2,1H3,(H,11,13)(H2,12,14,16,17). The summed E-state index contributed by atoms with van der Waals surface area (Å²) in [6.45, 7) is 4.67. The highest BCUT2D eigenvalue weighted by molar-refractivity contribution is 5.28. The van der Waals surface area contributed by atoms with Crippen molar-refractivity contribution < 1.29 is 0 Å². The quantitative estimate of drug-likeness (QED) is 0.613. The number of anilines is 1. The van der Waals surface area contributed by atoms with E-state index < -0.39 is 11.2 Å². The van der Waals surface area contributed by atoms with Gasteiger partial charge in [-0.25, -0.2) is 9.89 Å². The van der Waals surface area contributed by atoms with Crippen LogP contribution in [0.1, 0.15) is 19.8 Å². The second-order valence-corrected chi connectivity index (χ2v) is 4.14. The summed E-state index contributed by atoms with van der Waals surface area (Å²) in [5, 5.41) is 8.76. The van der Waals surface area contributed by atoms with Crippen LogP contribution >= 0.6 is 0 Å². The Kier molecular flexibility index (Phi) is 3.58. The van der Waals surface area contributed by atoms with E-state index in [2.05, 4.69) is 32.3 Å². The lowest BCUT2D eigenvalue weighted by atomic mass is 10.4. The first-order chi connectivity index (χ1) is 8.20. The monoisotopic (exact) mass is 239 g/mol. The average Bonchev–Trinajstić information content (AvgIpc) is 3.11. The van der Waals surface area contributed by atoms with E-state index >= 15 is 0 Å². The molecule has 0 atom stereocenters. The molecule has 1 saturated carbocycles. The molecule has 1 aliphatic carbocycles. The maximum absolute atomic E-state index is 11.3. The minimum absolute atomic E-state index is 0.163. The molecule has 17 heavy (non-hydrogen) atoms. The van der Waals surface area contributed by atoms with Crippen molar-refractivity contribution >= 4 is 5.82 Å². The molecule has 2 rings (SSSR count). The van der Waals surface area contributed by atoms with Crippen molar-refractivity contribution in [2.45, 2.75) is 25.8 Å². The largest absolute Gasteiger partial charge is 0.363 e. The van der Waals surface area contributed by atoms with E-state index in [-0.39, 0.29) is 5.82 Å². The van der Waals surface area contributed by atoms with Crippen LogP contribution in [0.25, 0.3) is 0 Å². The van der Waals surface area contributed by atoms with Crippen LogP contribution in [0, 0.1) is 0 Å². The molecule has 0 aromatic carbocycles. The van der Waals surface area contributed by atoms with Crippen molar-refractivity contribution in [1.29, 1.82) is 0 Å². The molecular weight excluding hydrogens is 222 g/mol. The lowest BCUT2D eigenvalue weighted by molar-refractivity contribution is 0.289. The van der Waals surface area contributed by atoms with Gasteiger partial charge in [0.25, 0.3) is 5.56 Å². The van der Waals surface area contributed by atoms with Crippen LogP contribution in [-0.2, 0) is 0 Å². The Labute approximate surface area is 98.2 Å². The highest BCUT2D eigenvalue weighted by atomic mass is 16.2. The van der Waals surface area contributed by atoms with E-state index in [1.54, 1.807) is 0 Å². The lowest BCUT2D eigenvalue weighted by Gasteiger charge is -2.19. The third-order valence-corrected chi connectivity index (χ3v) is 2.87. The van der Waals surface area contributed by atoms with Gasteiger partial charge in [0.2, 0.25) is 5.82 Å². The Morgan fingerprint density at radius 3 is 2.82 bits per heavy atom. The molecule has 0 radical (unpaired) electrons. The summed E-state index contributed by atoms with van der Waals surface area (Å²) < 4.78 is 0. The van der Waals surface area contributed by atoms with E-state index in [1.807, 2.05) is 0 Å². The highest BCUT2D eigenvalue weighted by Gasteiger charge is 2.27. The first kappa shape index (κ1) is 11.8. The molecule has 0 bridgehead atoms. The third-order valence-electron chi connectivity index (χ3n) is 2.87. The molecule has 1 aromatic rings. The summed E-state index contributed by atoms with van der Waals surface area (Å²) >= 11 is 0. The van der Waals surface area contributed by atoms with Gasteiger partial charge < -0.3 is 5.32 Å². The Balaban J connectivity index is 1.85. The summed E-state index contributed by atoms with van der Waals surface area (Å²) in [5.41, 5.74) is -1.07. The molecule has 1 aromatic heterocycles. The number of hydrogen-bond acceptors (Lipinski definition) is 5. The van der Waals surface area contributed by atoms with Crippen LogP contribution in [0.15, 0.2) is 9.59 Å². The Morgan fingerprint density at radius 2 is 2.24 bits per heavy atom. The molecule has 0 saturated heterocycles. The summed E-state index contributed by atoms with van der Waals surface area (Å²) in [4.78, 5) is 26.6. The Morgan fingerprint density at radius 1 is 1.47 bits per heavy atom. The van der Waals surface area contributed by atoms with Crippen LogP contribution in [0.3, 0.4) is 0 Å². The highest BCUT2D eigenvalue weighted by Crippen LogP contribution is 2.25. The van der Waals surface area contributed by atoms with Gasteiger partial charge >= 0.3 is 5.69 Å². The maximum Gasteiger partial charge on any atom is 0.342 e. The molecule has 0 aliphatic heterocycles. The normalized spacial score (nSPS) is 15.2. The zero-order valence-corrected chi connectivity index (χ0v) is 9.82. The van der Waals surface area contributed by atoms with Gasteiger partial charge in [-0.15, -0.1) is 5.10 Å². The van der Waals surface area contributed by atoms with Crippen LogP contribution in [0.2, 0.25) is 0 Å². The predicted octanol–water partition coefficient (Wildman–Crippen LogP) is -0.646. The van der Waals surface area contributed by atoms with Gasteiger partial charge in [0.05, 0.1) is 0 Å². The molecule has 0 amide bonds. The third kappa shape index (κ3) is 3.16. The molecule has 0 spiro atoms. The second kappa shape index (κ2) is 5.13. The van der Waals surface area contributed by atoms with E-state index in [0.29, 0.717) is 12.6 Å². The maximum atomic E-state index is 11.3. The molecule has 7 nitrogen and oxygen atoms in total. The van der Waals surface area contributed by atoms with Crippen LogP contribution in [0.5, 0.6) is 0 Å². The number of hydrogen-bond donors (Lipinski definition) is 3. The topological polar surface area (TPSA) is 93.9 Å². The number of rotatable bonds is 6. The van der Waals surface area contributed by atoms with Crippen molar-refractivity contribution in [3.05, 3.63) is 20.8 Å². The minimum Gasteiger partial charge on any atom is -0.363 e. The van der Waals surface area contributed by atoms with Gasteiger partial charge in [0, 0.05) is 19.1 Å². The van der Waals surface area contributed by atoms with E-state index in [1.165, 1.54) is 12.8 Å². The van der Waals surface area contributed by atoms with E-state index in [0.717, 1.165) is 13.1 Å². The number of nitrogens with one attached hydrogen (secondary N) is 3. The second-order valence-electron chi connectivity index (χ2n) is 4.14. The predicted molar refractivity (Wildman–Crippen MR) is 64.2 cm³/mol. The molecule has 1 aliphatic rings. The smallest absolute Gasteiger partial charge is 0.342 e. The van der Waals surface area contributed by atoms with Crippen molar-refractivity contribution in [2.24, 2.45) is 0 Å². The molecule has 94 valence electrons. The summed E-state index contributed by atoms with van der Waals surface area (Å²) in [6, 6.07) is 0.712. The number of aromatic amines is 2. The number of aromatic nitrogens is 3. The fourth-order valence-electron chi connectivity index (χ4n) is 1.82. The average molecular weight is 239 g/mol. The lowest BCUT2D eigenvalue weighted by Crippen LogP contribution is -2.33. The molecule has 3 N–H and O–H groups in total. The Hall–Kier alpha value is -1.63. The number of nitrogens with zero attached hydrogens (tertiary/aromatic N) is 2. The zero-order valence-electron chi connectivity index (χ0n) is 9.82.